The van der Waals surface area contributed by atoms with Crippen molar-refractivity contribution in [2.45, 2.75) is 61.5 Å². The highest BCUT2D eigenvalue weighted by Crippen LogP contribution is 2.29. The number of piperidine rings is 1. The maximum atomic E-state index is 13.7. The highest BCUT2D eigenvalue weighted by atomic mass is 35.5. The van der Waals surface area contributed by atoms with Gasteiger partial charge in [0.1, 0.15) is 0 Å². The van der Waals surface area contributed by atoms with Crippen molar-refractivity contribution in [2.75, 3.05) is 6.54 Å². The molecule has 1 saturated heterocycles. The zero-order valence-electron chi connectivity index (χ0n) is 20.3. The maximum absolute atomic E-state index is 13.7. The van der Waals surface area contributed by atoms with Crippen molar-refractivity contribution in [2.24, 2.45) is 0 Å². The second-order valence-electron chi connectivity index (χ2n) is 9.00. The third-order valence-corrected chi connectivity index (χ3v) is 10.8. The Morgan fingerprint density at radius 3 is 2.14 bits per heavy atom. The van der Waals surface area contributed by atoms with Gasteiger partial charge in [-0.1, -0.05) is 73.5 Å². The van der Waals surface area contributed by atoms with E-state index in [4.69, 9.17) is 11.6 Å². The highest BCUT2D eigenvalue weighted by Gasteiger charge is 2.33. The van der Waals surface area contributed by atoms with Gasteiger partial charge in [0.2, 0.25) is 20.0 Å². The van der Waals surface area contributed by atoms with E-state index in [1.807, 2.05) is 43.3 Å². The Bertz CT molecular complexity index is 1380. The molecule has 9 heteroatoms. The zero-order chi connectivity index (χ0) is 25.8. The van der Waals surface area contributed by atoms with Crippen LogP contribution in [0.1, 0.15) is 43.7 Å². The minimum absolute atomic E-state index is 0.0239. The van der Waals surface area contributed by atoms with Gasteiger partial charge in [-0.2, -0.15) is 8.61 Å². The molecule has 1 fully saturated rings. The fraction of sp³-hybridized carbons (Fsp3) is 0.333. The van der Waals surface area contributed by atoms with Crippen LogP contribution in [0.15, 0.2) is 88.7 Å². The van der Waals surface area contributed by atoms with Crippen LogP contribution < -0.4 is 0 Å². The second-order valence-corrected chi connectivity index (χ2v) is 13.2. The standard InChI is InChI=1S/C27H31ClN2O4S2/c1-2-24-13-8-9-19-30(24)36(33,34)26-17-15-25(16-18-26)35(31,32)29(20-22-10-4-3-5-11-22)21-23-12-6-7-14-27(23)28/h3-7,10-12,14-18,24H,2,8-9,13,19-21H2,1H3/t24-/m1/s1. The molecule has 1 heterocycles. The number of halogens is 1. The van der Waals surface area contributed by atoms with Crippen molar-refractivity contribution < 1.29 is 16.8 Å². The third-order valence-electron chi connectivity index (χ3n) is 6.62. The molecular formula is C27H31ClN2O4S2. The average molecular weight is 547 g/mol. The van der Waals surface area contributed by atoms with Crippen molar-refractivity contribution in [1.29, 1.82) is 0 Å². The Hall–Kier alpha value is -2.23. The number of sulfonamides is 2. The van der Waals surface area contributed by atoms with Crippen LogP contribution in [0.4, 0.5) is 0 Å². The summed E-state index contributed by atoms with van der Waals surface area (Å²) < 4.78 is 57.1. The largest absolute Gasteiger partial charge is 0.243 e. The summed E-state index contributed by atoms with van der Waals surface area (Å²) in [7, 11) is -7.65. The zero-order valence-corrected chi connectivity index (χ0v) is 22.6. The van der Waals surface area contributed by atoms with E-state index in [9.17, 15) is 16.8 Å². The number of rotatable bonds is 9. The molecule has 1 atom stereocenters. The van der Waals surface area contributed by atoms with Crippen molar-refractivity contribution in [3.8, 4) is 0 Å². The third kappa shape index (κ3) is 5.84. The Morgan fingerprint density at radius 1 is 0.833 bits per heavy atom. The first-order chi connectivity index (χ1) is 17.2. The van der Waals surface area contributed by atoms with Gasteiger partial charge in [0.05, 0.1) is 9.79 Å². The van der Waals surface area contributed by atoms with Crippen molar-refractivity contribution in [3.63, 3.8) is 0 Å². The Kier molecular flexibility index (Phi) is 8.52. The van der Waals surface area contributed by atoms with E-state index in [2.05, 4.69) is 0 Å². The van der Waals surface area contributed by atoms with Crippen LogP contribution in [0.5, 0.6) is 0 Å². The number of nitrogens with zero attached hydrogens (tertiary/aromatic N) is 2. The van der Waals surface area contributed by atoms with Crippen molar-refractivity contribution in [1.82, 2.24) is 8.61 Å². The maximum Gasteiger partial charge on any atom is 0.243 e. The van der Waals surface area contributed by atoms with E-state index in [0.717, 1.165) is 31.2 Å². The van der Waals surface area contributed by atoms with Gasteiger partial charge in [0, 0.05) is 30.7 Å². The van der Waals surface area contributed by atoms with Gasteiger partial charge in [-0.15, -0.1) is 0 Å². The smallest absolute Gasteiger partial charge is 0.207 e. The Morgan fingerprint density at radius 2 is 1.47 bits per heavy atom. The molecule has 0 radical (unpaired) electrons. The molecule has 3 aromatic carbocycles. The molecule has 0 bridgehead atoms. The van der Waals surface area contributed by atoms with Crippen molar-refractivity contribution >= 4 is 31.6 Å². The summed E-state index contributed by atoms with van der Waals surface area (Å²) in [6.07, 6.45) is 3.45. The van der Waals surface area contributed by atoms with E-state index < -0.39 is 20.0 Å². The molecule has 0 unspecified atom stereocenters. The first-order valence-electron chi connectivity index (χ1n) is 12.1. The predicted octanol–water partition coefficient (Wildman–Crippen LogP) is 5.68. The molecule has 0 N–H and O–H groups in total. The van der Waals surface area contributed by atoms with Crippen LogP contribution in [0, 0.1) is 0 Å². The van der Waals surface area contributed by atoms with Crippen LogP contribution in [-0.4, -0.2) is 38.0 Å². The monoisotopic (exact) mass is 546 g/mol. The van der Waals surface area contributed by atoms with Gasteiger partial charge >= 0.3 is 0 Å². The van der Waals surface area contributed by atoms with E-state index in [1.165, 1.54) is 28.6 Å². The van der Waals surface area contributed by atoms with Gasteiger partial charge in [-0.25, -0.2) is 16.8 Å². The normalized spacial score (nSPS) is 17.4. The summed E-state index contributed by atoms with van der Waals surface area (Å²) in [5.41, 5.74) is 1.52. The summed E-state index contributed by atoms with van der Waals surface area (Å²) >= 11 is 6.34. The SMILES string of the molecule is CC[C@@H]1CCCCN1S(=O)(=O)c1ccc(S(=O)(=O)N(Cc2ccccc2)Cc2ccccc2Cl)cc1. The van der Waals surface area contributed by atoms with Gasteiger partial charge in [0.25, 0.3) is 0 Å². The fourth-order valence-corrected chi connectivity index (χ4v) is 7.96. The summed E-state index contributed by atoms with van der Waals surface area (Å²) in [4.78, 5) is 0.151. The first-order valence-corrected chi connectivity index (χ1v) is 15.4. The lowest BCUT2D eigenvalue weighted by atomic mass is 10.0. The number of hydrogen-bond donors (Lipinski definition) is 0. The fourth-order valence-electron chi connectivity index (χ4n) is 4.60. The van der Waals surface area contributed by atoms with Crippen LogP contribution in [-0.2, 0) is 33.1 Å². The van der Waals surface area contributed by atoms with Gasteiger partial charge in [-0.3, -0.25) is 0 Å². The first kappa shape index (κ1) is 26.8. The molecule has 0 saturated carbocycles. The van der Waals surface area contributed by atoms with Gasteiger partial charge < -0.3 is 0 Å². The summed E-state index contributed by atoms with van der Waals surface area (Å²) in [6, 6.07) is 22.0. The molecule has 0 amide bonds. The molecule has 4 rings (SSSR count). The van der Waals surface area contributed by atoms with Crippen LogP contribution in [0.2, 0.25) is 5.02 Å². The van der Waals surface area contributed by atoms with Crippen molar-refractivity contribution in [3.05, 3.63) is 95.0 Å². The summed E-state index contributed by atoms with van der Waals surface area (Å²) in [5.74, 6) is 0. The van der Waals surface area contributed by atoms with Gasteiger partial charge in [0.15, 0.2) is 0 Å². The summed E-state index contributed by atoms with van der Waals surface area (Å²) in [6.45, 7) is 2.72. The molecule has 0 aliphatic carbocycles. The Labute approximate surface area is 219 Å². The van der Waals surface area contributed by atoms with E-state index >= 15 is 0 Å². The van der Waals surface area contributed by atoms with Crippen LogP contribution in [0.25, 0.3) is 0 Å². The highest BCUT2D eigenvalue weighted by molar-refractivity contribution is 7.89. The average Bonchev–Trinajstić information content (AvgIpc) is 2.90. The molecule has 6 nitrogen and oxygen atoms in total. The van der Waals surface area contributed by atoms with E-state index in [1.54, 1.807) is 22.5 Å². The molecular weight excluding hydrogens is 516 g/mol. The van der Waals surface area contributed by atoms with Crippen LogP contribution in [0.3, 0.4) is 0 Å². The molecule has 0 aromatic heterocycles. The van der Waals surface area contributed by atoms with Gasteiger partial charge in [-0.05, 0) is 60.7 Å². The molecule has 3 aromatic rings. The number of hydrogen-bond acceptors (Lipinski definition) is 4. The number of benzene rings is 3. The second kappa shape index (κ2) is 11.4. The summed E-state index contributed by atoms with van der Waals surface area (Å²) in [5, 5.41) is 0.485. The van der Waals surface area contributed by atoms with E-state index in [-0.39, 0.29) is 28.9 Å². The molecule has 1 aliphatic rings. The minimum Gasteiger partial charge on any atom is -0.207 e. The lowest BCUT2D eigenvalue weighted by molar-refractivity contribution is 0.246. The lowest BCUT2D eigenvalue weighted by Crippen LogP contribution is -2.43. The Balaban J connectivity index is 1.65. The lowest BCUT2D eigenvalue weighted by Gasteiger charge is -2.34. The molecule has 36 heavy (non-hydrogen) atoms. The topological polar surface area (TPSA) is 74.8 Å². The molecule has 0 spiro atoms. The predicted molar refractivity (Wildman–Crippen MR) is 143 cm³/mol. The molecule has 192 valence electrons. The quantitative estimate of drug-likeness (QED) is 0.346. The van der Waals surface area contributed by atoms with E-state index in [0.29, 0.717) is 17.1 Å². The minimum atomic E-state index is -3.95. The van der Waals surface area contributed by atoms with Crippen LogP contribution >= 0.6 is 11.6 Å². The molecule has 1 aliphatic heterocycles.